The predicted octanol–water partition coefficient (Wildman–Crippen LogP) is 2.33. The molecule has 6 heteroatoms. The Kier molecular flexibility index (Phi) is 3.42. The number of amides is 1. The molecule has 0 aliphatic carbocycles. The maximum atomic E-state index is 12.1. The molecule has 0 saturated carbocycles. The van der Waals surface area contributed by atoms with E-state index < -0.39 is 0 Å². The van der Waals surface area contributed by atoms with Gasteiger partial charge in [0.15, 0.2) is 4.91 Å². The number of likely N-dealkylation sites (N-methyl/N-ethyl adjacent to an activating group) is 1. The lowest BCUT2D eigenvalue weighted by atomic mass is 10.4. The van der Waals surface area contributed by atoms with Crippen LogP contribution < -0.4 is 0 Å². The zero-order valence-electron chi connectivity index (χ0n) is 9.60. The van der Waals surface area contributed by atoms with Gasteiger partial charge in [0.25, 0.3) is 4.38 Å². The highest BCUT2D eigenvalue weighted by Gasteiger charge is 2.39. The molecule has 3 nitrogen and oxygen atoms in total. The van der Waals surface area contributed by atoms with E-state index in [1.54, 1.807) is 39.9 Å². The Morgan fingerprint density at radius 1 is 1.50 bits per heavy atom. The fourth-order valence-corrected chi connectivity index (χ4v) is 4.40. The Morgan fingerprint density at radius 2 is 2.19 bits per heavy atom. The number of rotatable bonds is 0. The van der Waals surface area contributed by atoms with Gasteiger partial charge in [0.1, 0.15) is 12.1 Å². The van der Waals surface area contributed by atoms with Crippen LogP contribution in [0.3, 0.4) is 0 Å². The van der Waals surface area contributed by atoms with Crippen molar-refractivity contribution in [2.75, 3.05) is 20.4 Å². The summed E-state index contributed by atoms with van der Waals surface area (Å²) in [5.74, 6) is 0.104. The third kappa shape index (κ3) is 1.83. The molecule has 2 rings (SSSR count). The van der Waals surface area contributed by atoms with E-state index in [2.05, 4.69) is 10.3 Å². The van der Waals surface area contributed by atoms with Crippen LogP contribution in [0, 0.1) is 0 Å². The predicted molar refractivity (Wildman–Crippen MR) is 73.4 cm³/mol. The van der Waals surface area contributed by atoms with Crippen LogP contribution in [0.15, 0.2) is 21.0 Å². The van der Waals surface area contributed by atoms with Gasteiger partial charge in [-0.15, -0.1) is 4.58 Å². The molecular formula is C10H13N2OS3+. The second-order valence-corrected chi connectivity index (χ2v) is 6.42. The highest BCUT2D eigenvalue weighted by molar-refractivity contribution is 8.40. The van der Waals surface area contributed by atoms with Crippen molar-refractivity contribution in [3.63, 3.8) is 0 Å². The van der Waals surface area contributed by atoms with Gasteiger partial charge in [0, 0.05) is 24.5 Å². The van der Waals surface area contributed by atoms with Gasteiger partial charge in [-0.3, -0.25) is 0 Å². The number of allylic oxidation sites excluding steroid dienone is 1. The molecule has 0 atom stereocenters. The summed E-state index contributed by atoms with van der Waals surface area (Å²) >= 11 is 4.81. The fourth-order valence-electron chi connectivity index (χ4n) is 1.41. The van der Waals surface area contributed by atoms with Gasteiger partial charge in [-0.25, -0.2) is 4.79 Å². The fraction of sp³-hybridized carbons (Fsp3) is 0.400. The molecule has 0 aromatic heterocycles. The summed E-state index contributed by atoms with van der Waals surface area (Å²) in [5, 5.41) is 3.12. The van der Waals surface area contributed by atoms with Crippen molar-refractivity contribution in [1.82, 2.24) is 4.90 Å². The van der Waals surface area contributed by atoms with E-state index in [4.69, 9.17) is 0 Å². The first-order valence-corrected chi connectivity index (χ1v) is 7.66. The summed E-state index contributed by atoms with van der Waals surface area (Å²) in [4.78, 5) is 15.0. The number of carbonyl (C=O) groups is 1. The topological polar surface area (TPSA) is 23.3 Å². The first kappa shape index (κ1) is 12.1. The van der Waals surface area contributed by atoms with Crippen molar-refractivity contribution in [2.24, 2.45) is 0 Å². The smallest absolute Gasteiger partial charge is 0.341 e. The molecule has 16 heavy (non-hydrogen) atoms. The molecule has 2 aliphatic heterocycles. The van der Waals surface area contributed by atoms with Gasteiger partial charge in [-0.05, 0) is 18.6 Å². The average Bonchev–Trinajstić information content (AvgIpc) is 2.73. The molecule has 0 spiro atoms. The van der Waals surface area contributed by atoms with E-state index in [1.807, 2.05) is 27.3 Å². The lowest BCUT2D eigenvalue weighted by Gasteiger charge is -2.14. The Labute approximate surface area is 108 Å². The van der Waals surface area contributed by atoms with E-state index in [9.17, 15) is 4.79 Å². The third-order valence-electron chi connectivity index (χ3n) is 2.51. The third-order valence-corrected chi connectivity index (χ3v) is 6.19. The second-order valence-electron chi connectivity index (χ2n) is 3.51. The Bertz CT molecular complexity index is 451. The van der Waals surface area contributed by atoms with Crippen LogP contribution in [0.1, 0.15) is 6.92 Å². The van der Waals surface area contributed by atoms with Gasteiger partial charge in [0.05, 0.1) is 0 Å². The summed E-state index contributed by atoms with van der Waals surface area (Å²) in [6.07, 6.45) is 1.99. The second kappa shape index (κ2) is 4.50. The van der Waals surface area contributed by atoms with Crippen molar-refractivity contribution in [1.29, 1.82) is 0 Å². The molecule has 0 fully saturated rings. The summed E-state index contributed by atoms with van der Waals surface area (Å²) < 4.78 is 2.77. The maximum Gasteiger partial charge on any atom is 0.430 e. The Hall–Kier alpha value is -0.330. The number of hydrogen-bond donors (Lipinski definition) is 0. The molecule has 1 amide bonds. The van der Waals surface area contributed by atoms with E-state index in [0.717, 1.165) is 14.3 Å². The molecule has 2 heterocycles. The summed E-state index contributed by atoms with van der Waals surface area (Å²) in [7, 11) is 3.83. The SMILES string of the molecule is CSC1=[N+](C)C(=O)/C(=C2\SC=C(C)N2C)S1. The average molecular weight is 273 g/mol. The Morgan fingerprint density at radius 3 is 2.62 bits per heavy atom. The maximum absolute atomic E-state index is 12.1. The molecular weight excluding hydrogens is 260 g/mol. The first-order valence-electron chi connectivity index (χ1n) is 4.74. The molecule has 0 bridgehead atoms. The molecule has 2 aliphatic rings. The van der Waals surface area contributed by atoms with Crippen LogP contribution >= 0.6 is 35.3 Å². The normalized spacial score (nSPS) is 25.9. The number of thioether (sulfide) groups is 3. The standard InChI is InChI=1S/C10H13N2OS3/c1-6-5-15-9(11(6)2)7-8(13)12(3)10(14-4)16-7/h5H,1-4H3/q+1/b9-7+. The molecule has 0 aromatic carbocycles. The minimum Gasteiger partial charge on any atom is -0.341 e. The molecule has 0 radical (unpaired) electrons. The highest BCUT2D eigenvalue weighted by atomic mass is 32.2. The quantitative estimate of drug-likeness (QED) is 0.498. The van der Waals surface area contributed by atoms with Crippen molar-refractivity contribution in [2.45, 2.75) is 6.92 Å². The summed E-state index contributed by atoms with van der Waals surface area (Å²) in [6, 6.07) is 0. The minimum atomic E-state index is 0.104. The zero-order chi connectivity index (χ0) is 11.9. The van der Waals surface area contributed by atoms with Gasteiger partial charge in [-0.1, -0.05) is 23.5 Å². The molecule has 0 aromatic rings. The van der Waals surface area contributed by atoms with Crippen LogP contribution in [0.2, 0.25) is 0 Å². The summed E-state index contributed by atoms with van der Waals surface area (Å²) in [5.41, 5.74) is 1.18. The van der Waals surface area contributed by atoms with Crippen molar-refractivity contribution in [3.05, 3.63) is 21.0 Å². The van der Waals surface area contributed by atoms with Crippen molar-refractivity contribution >= 4 is 45.6 Å². The highest BCUT2D eigenvalue weighted by Crippen LogP contribution is 2.42. The van der Waals surface area contributed by atoms with Gasteiger partial charge >= 0.3 is 5.91 Å². The lowest BCUT2D eigenvalue weighted by Crippen LogP contribution is -2.17. The van der Waals surface area contributed by atoms with Gasteiger partial charge in [-0.2, -0.15) is 0 Å². The van der Waals surface area contributed by atoms with Crippen LogP contribution in [0.4, 0.5) is 0 Å². The molecule has 0 N–H and O–H groups in total. The molecule has 0 saturated heterocycles. The van der Waals surface area contributed by atoms with Crippen LogP contribution in [0.5, 0.6) is 0 Å². The van der Waals surface area contributed by atoms with Crippen LogP contribution in [-0.2, 0) is 4.79 Å². The minimum absolute atomic E-state index is 0.104. The monoisotopic (exact) mass is 273 g/mol. The van der Waals surface area contributed by atoms with E-state index >= 15 is 0 Å². The van der Waals surface area contributed by atoms with E-state index in [-0.39, 0.29) is 5.91 Å². The largest absolute Gasteiger partial charge is 0.430 e. The number of nitrogens with zero attached hydrogens (tertiary/aromatic N) is 2. The van der Waals surface area contributed by atoms with Gasteiger partial charge in [0.2, 0.25) is 0 Å². The summed E-state index contributed by atoms with van der Waals surface area (Å²) in [6.45, 7) is 2.05. The number of carbonyl (C=O) groups excluding carboxylic acids is 1. The van der Waals surface area contributed by atoms with E-state index in [1.165, 1.54) is 5.70 Å². The first-order chi connectivity index (χ1) is 7.56. The van der Waals surface area contributed by atoms with Crippen molar-refractivity contribution in [3.8, 4) is 0 Å². The zero-order valence-corrected chi connectivity index (χ0v) is 12.1. The van der Waals surface area contributed by atoms with Crippen molar-refractivity contribution < 1.29 is 9.37 Å². The number of hydrogen-bond acceptors (Lipinski definition) is 5. The van der Waals surface area contributed by atoms with Gasteiger partial charge < -0.3 is 4.90 Å². The Balaban J connectivity index is 2.34. The van der Waals surface area contributed by atoms with Crippen LogP contribution in [-0.4, -0.2) is 40.1 Å². The lowest BCUT2D eigenvalue weighted by molar-refractivity contribution is -0.406. The van der Waals surface area contributed by atoms with Crippen LogP contribution in [0.25, 0.3) is 0 Å². The van der Waals surface area contributed by atoms with E-state index in [0.29, 0.717) is 0 Å². The molecule has 0 unspecified atom stereocenters. The molecule has 86 valence electrons.